The van der Waals surface area contributed by atoms with Crippen molar-refractivity contribution in [1.82, 2.24) is 9.55 Å². The second-order valence-corrected chi connectivity index (χ2v) is 8.32. The minimum atomic E-state index is -3.91. The van der Waals surface area contributed by atoms with Crippen LogP contribution >= 0.6 is 26.6 Å². The van der Waals surface area contributed by atoms with Gasteiger partial charge in [0.15, 0.2) is 5.03 Å². The zero-order valence-corrected chi connectivity index (χ0v) is 14.5. The van der Waals surface area contributed by atoms with Gasteiger partial charge in [0.2, 0.25) is 0 Å². The molecule has 0 amide bonds. The Labute approximate surface area is 135 Å². The van der Waals surface area contributed by atoms with Crippen molar-refractivity contribution in [3.05, 3.63) is 46.1 Å². The molecule has 2 aromatic rings. The summed E-state index contributed by atoms with van der Waals surface area (Å²) in [5.41, 5.74) is 0.433. The zero-order chi connectivity index (χ0) is 15.8. The van der Waals surface area contributed by atoms with Crippen LogP contribution in [0.5, 0.6) is 0 Å². The predicted molar refractivity (Wildman–Crippen MR) is 82.6 cm³/mol. The van der Waals surface area contributed by atoms with Gasteiger partial charge in [-0.3, -0.25) is 0 Å². The lowest BCUT2D eigenvalue weighted by atomic mass is 10.2. The Kier molecular flexibility index (Phi) is 4.75. The van der Waals surface area contributed by atoms with E-state index >= 15 is 0 Å². The fraction of sp³-hybridized carbons (Fsp3) is 0.308. The third kappa shape index (κ3) is 3.84. The van der Waals surface area contributed by atoms with Gasteiger partial charge in [0.25, 0.3) is 9.05 Å². The molecule has 0 aliphatic rings. The van der Waals surface area contributed by atoms with E-state index in [0.29, 0.717) is 11.4 Å². The molecule has 0 N–H and O–H groups in total. The molecule has 0 saturated heterocycles. The maximum atomic E-state index is 13.8. The highest BCUT2D eigenvalue weighted by molar-refractivity contribution is 9.10. The molecule has 1 aromatic heterocycles. The lowest BCUT2D eigenvalue weighted by molar-refractivity contribution is 0.588. The number of nitrogens with zero attached hydrogens (tertiary/aromatic N) is 2. The fourth-order valence-corrected chi connectivity index (χ4v) is 3.05. The van der Waals surface area contributed by atoms with Crippen LogP contribution in [0.3, 0.4) is 0 Å². The van der Waals surface area contributed by atoms with Gasteiger partial charge in [-0.2, -0.15) is 0 Å². The molecule has 0 bridgehead atoms. The minimum Gasteiger partial charge on any atom is -0.329 e. The molecule has 21 heavy (non-hydrogen) atoms. The number of imidazole rings is 1. The van der Waals surface area contributed by atoms with Crippen molar-refractivity contribution in [3.63, 3.8) is 0 Å². The third-order valence-corrected chi connectivity index (χ3v) is 4.56. The predicted octanol–water partition coefficient (Wildman–Crippen LogP) is 3.88. The molecular formula is C13H13BrClFN2O2S. The normalized spacial score (nSPS) is 12.1. The van der Waals surface area contributed by atoms with E-state index in [1.807, 2.05) is 13.8 Å². The van der Waals surface area contributed by atoms with Crippen LogP contribution in [0, 0.1) is 5.82 Å². The smallest absolute Gasteiger partial charge is 0.280 e. The summed E-state index contributed by atoms with van der Waals surface area (Å²) < 4.78 is 39.0. The first-order valence-electron chi connectivity index (χ1n) is 6.14. The van der Waals surface area contributed by atoms with E-state index in [-0.39, 0.29) is 23.3 Å². The van der Waals surface area contributed by atoms with Gasteiger partial charge >= 0.3 is 0 Å². The number of halogens is 3. The van der Waals surface area contributed by atoms with Gasteiger partial charge in [-0.05, 0) is 18.2 Å². The topological polar surface area (TPSA) is 52.0 Å². The summed E-state index contributed by atoms with van der Waals surface area (Å²) in [5, 5.41) is -0.219. The first kappa shape index (κ1) is 16.5. The summed E-state index contributed by atoms with van der Waals surface area (Å²) in [6, 6.07) is 4.60. The molecule has 2 rings (SSSR count). The molecule has 0 aliphatic carbocycles. The monoisotopic (exact) mass is 394 g/mol. The van der Waals surface area contributed by atoms with Gasteiger partial charge in [-0.25, -0.2) is 17.8 Å². The van der Waals surface area contributed by atoms with Crippen LogP contribution < -0.4 is 0 Å². The Hall–Kier alpha value is -0.920. The fourth-order valence-electron chi connectivity index (χ4n) is 1.96. The lowest BCUT2D eigenvalue weighted by Gasteiger charge is -2.11. The Bertz CT molecular complexity index is 774. The molecule has 0 saturated carbocycles. The van der Waals surface area contributed by atoms with E-state index < -0.39 is 9.05 Å². The van der Waals surface area contributed by atoms with Gasteiger partial charge in [0.05, 0.1) is 6.54 Å². The summed E-state index contributed by atoms with van der Waals surface area (Å²) in [7, 11) is 1.41. The SMILES string of the molecule is CC(C)c1nc(S(=O)(=O)Cl)cn1Cc1cc(Br)ccc1F. The second kappa shape index (κ2) is 6.06. The van der Waals surface area contributed by atoms with Crippen molar-refractivity contribution in [2.24, 2.45) is 0 Å². The average Bonchev–Trinajstić information content (AvgIpc) is 2.78. The number of hydrogen-bond donors (Lipinski definition) is 0. The van der Waals surface area contributed by atoms with Crippen molar-refractivity contribution in [1.29, 1.82) is 0 Å². The third-order valence-electron chi connectivity index (χ3n) is 2.90. The number of hydrogen-bond acceptors (Lipinski definition) is 3. The maximum absolute atomic E-state index is 13.8. The average molecular weight is 396 g/mol. The maximum Gasteiger partial charge on any atom is 0.280 e. The van der Waals surface area contributed by atoms with Crippen molar-refractivity contribution in [3.8, 4) is 0 Å². The Morgan fingerprint density at radius 1 is 1.43 bits per heavy atom. The molecular weight excluding hydrogens is 383 g/mol. The van der Waals surface area contributed by atoms with Crippen LogP contribution in [0.15, 0.2) is 33.9 Å². The summed E-state index contributed by atoms with van der Waals surface area (Å²) in [4.78, 5) is 4.04. The summed E-state index contributed by atoms with van der Waals surface area (Å²) in [5.74, 6) is 0.151. The van der Waals surface area contributed by atoms with Gasteiger partial charge in [-0.1, -0.05) is 29.8 Å². The van der Waals surface area contributed by atoms with E-state index in [1.54, 1.807) is 16.7 Å². The minimum absolute atomic E-state index is 0.0209. The largest absolute Gasteiger partial charge is 0.329 e. The Morgan fingerprint density at radius 3 is 2.67 bits per heavy atom. The van der Waals surface area contributed by atoms with Crippen molar-refractivity contribution >= 4 is 35.7 Å². The second-order valence-electron chi connectivity index (χ2n) is 4.89. The molecule has 114 valence electrons. The van der Waals surface area contributed by atoms with E-state index in [2.05, 4.69) is 20.9 Å². The highest BCUT2D eigenvalue weighted by Gasteiger charge is 2.20. The van der Waals surface area contributed by atoms with Crippen LogP contribution in [0.2, 0.25) is 0 Å². The first-order valence-corrected chi connectivity index (χ1v) is 9.24. The molecule has 4 nitrogen and oxygen atoms in total. The van der Waals surface area contributed by atoms with E-state index in [4.69, 9.17) is 10.7 Å². The molecule has 0 aliphatic heterocycles. The van der Waals surface area contributed by atoms with Crippen LogP contribution in [-0.4, -0.2) is 18.0 Å². The Balaban J connectivity index is 2.48. The van der Waals surface area contributed by atoms with Crippen LogP contribution in [0.1, 0.15) is 31.2 Å². The highest BCUT2D eigenvalue weighted by Crippen LogP contribution is 2.23. The molecule has 0 unspecified atom stereocenters. The van der Waals surface area contributed by atoms with Crippen molar-refractivity contribution in [2.75, 3.05) is 0 Å². The van der Waals surface area contributed by atoms with Gasteiger partial charge in [-0.15, -0.1) is 0 Å². The molecule has 0 radical (unpaired) electrons. The summed E-state index contributed by atoms with van der Waals surface area (Å²) in [6.45, 7) is 3.93. The van der Waals surface area contributed by atoms with Crippen LogP contribution in [0.25, 0.3) is 0 Å². The summed E-state index contributed by atoms with van der Waals surface area (Å²) in [6.07, 6.45) is 1.33. The number of benzene rings is 1. The van der Waals surface area contributed by atoms with Crippen molar-refractivity contribution in [2.45, 2.75) is 31.3 Å². The molecule has 1 heterocycles. The van der Waals surface area contributed by atoms with Crippen LogP contribution in [0.4, 0.5) is 4.39 Å². The molecule has 1 aromatic carbocycles. The molecule has 0 atom stereocenters. The quantitative estimate of drug-likeness (QED) is 0.738. The summed E-state index contributed by atoms with van der Waals surface area (Å²) >= 11 is 3.29. The van der Waals surface area contributed by atoms with E-state index in [1.165, 1.54) is 12.3 Å². The lowest BCUT2D eigenvalue weighted by Crippen LogP contribution is -2.07. The van der Waals surface area contributed by atoms with Gasteiger partial charge in [0.1, 0.15) is 11.6 Å². The van der Waals surface area contributed by atoms with Crippen molar-refractivity contribution < 1.29 is 12.8 Å². The van der Waals surface area contributed by atoms with E-state index in [0.717, 1.165) is 4.47 Å². The Morgan fingerprint density at radius 2 is 2.10 bits per heavy atom. The van der Waals surface area contributed by atoms with Gasteiger partial charge < -0.3 is 4.57 Å². The molecule has 0 spiro atoms. The van der Waals surface area contributed by atoms with Gasteiger partial charge in [0, 0.05) is 32.8 Å². The number of rotatable bonds is 4. The number of aromatic nitrogens is 2. The zero-order valence-electron chi connectivity index (χ0n) is 11.3. The standard InChI is InChI=1S/C13H13BrClFN2O2S/c1-8(2)13-17-12(21(15,19)20)7-18(13)6-9-5-10(14)3-4-11(9)16/h3-5,7-8H,6H2,1-2H3. The molecule has 0 fully saturated rings. The van der Waals surface area contributed by atoms with Crippen LogP contribution in [-0.2, 0) is 15.6 Å². The van der Waals surface area contributed by atoms with E-state index in [9.17, 15) is 12.8 Å². The molecule has 8 heteroatoms. The first-order chi connectivity index (χ1) is 9.68. The highest BCUT2D eigenvalue weighted by atomic mass is 79.9.